The molecule has 54 heavy (non-hydrogen) atoms. The number of ether oxygens (including phenoxy) is 6. The van der Waals surface area contributed by atoms with E-state index >= 15 is 0 Å². The maximum Gasteiger partial charge on any atom is 0.306 e. The molecule has 8 nitrogen and oxygen atoms in total. The molecule has 2 heterocycles. The summed E-state index contributed by atoms with van der Waals surface area (Å²) in [5.74, 6) is 1.54. The van der Waals surface area contributed by atoms with E-state index in [-0.39, 0.29) is 43.1 Å². The molecule has 0 N–H and O–H groups in total. The van der Waals surface area contributed by atoms with Gasteiger partial charge in [-0.25, -0.2) is 0 Å². The second kappa shape index (κ2) is 28.4. The summed E-state index contributed by atoms with van der Waals surface area (Å²) < 4.78 is 35.1. The summed E-state index contributed by atoms with van der Waals surface area (Å²) >= 11 is 0. The number of ketones is 1. The molecule has 3 atom stereocenters. The van der Waals surface area contributed by atoms with Crippen molar-refractivity contribution in [3.05, 3.63) is 29.8 Å². The number of hydrogen-bond donors (Lipinski definition) is 0. The largest absolute Gasteiger partial charge is 0.490 e. The average Bonchev–Trinajstić information content (AvgIpc) is 3.20. The van der Waals surface area contributed by atoms with Crippen LogP contribution >= 0.6 is 0 Å². The van der Waals surface area contributed by atoms with Crippen molar-refractivity contribution in [2.75, 3.05) is 26.4 Å². The van der Waals surface area contributed by atoms with Gasteiger partial charge in [-0.3, -0.25) is 9.59 Å². The molecule has 0 aromatic heterocycles. The van der Waals surface area contributed by atoms with E-state index in [0.717, 1.165) is 122 Å². The van der Waals surface area contributed by atoms with Crippen LogP contribution in [0.3, 0.4) is 0 Å². The summed E-state index contributed by atoms with van der Waals surface area (Å²) in [7, 11) is 0. The smallest absolute Gasteiger partial charge is 0.306 e. The number of rotatable bonds is 29. The van der Waals surface area contributed by atoms with Crippen LogP contribution in [-0.2, 0) is 33.3 Å². The maximum atomic E-state index is 12.6. The predicted octanol–water partition coefficient (Wildman–Crippen LogP) is 11.7. The van der Waals surface area contributed by atoms with Crippen molar-refractivity contribution in [2.45, 2.75) is 217 Å². The monoisotopic (exact) mass is 757 g/mol. The van der Waals surface area contributed by atoms with Gasteiger partial charge in [-0.1, -0.05) is 83.3 Å². The van der Waals surface area contributed by atoms with Gasteiger partial charge in [0.1, 0.15) is 18.5 Å². The molecular formula is C46H76O8. The van der Waals surface area contributed by atoms with E-state index in [0.29, 0.717) is 18.8 Å². The van der Waals surface area contributed by atoms with Crippen LogP contribution in [0.4, 0.5) is 0 Å². The summed E-state index contributed by atoms with van der Waals surface area (Å²) in [5.41, 5.74) is 1.35. The molecule has 0 radical (unpaired) electrons. The highest BCUT2D eigenvalue weighted by Crippen LogP contribution is 2.35. The predicted molar refractivity (Wildman–Crippen MR) is 215 cm³/mol. The van der Waals surface area contributed by atoms with Gasteiger partial charge in [0, 0.05) is 32.7 Å². The first-order valence-electron chi connectivity index (χ1n) is 22.5. The quantitative estimate of drug-likeness (QED) is 0.0589. The van der Waals surface area contributed by atoms with Crippen molar-refractivity contribution in [1.82, 2.24) is 0 Å². The van der Waals surface area contributed by atoms with Gasteiger partial charge < -0.3 is 28.4 Å². The lowest BCUT2D eigenvalue weighted by atomic mass is 9.83. The van der Waals surface area contributed by atoms with Crippen LogP contribution < -0.4 is 4.74 Å². The zero-order valence-corrected chi connectivity index (χ0v) is 34.1. The van der Waals surface area contributed by atoms with Crippen LogP contribution in [0.5, 0.6) is 5.75 Å². The molecule has 1 aromatic carbocycles. The number of hydrogen-bond acceptors (Lipinski definition) is 8. The fourth-order valence-electron chi connectivity index (χ4n) is 8.12. The Morgan fingerprint density at radius 2 is 1.26 bits per heavy atom. The Morgan fingerprint density at radius 3 is 1.91 bits per heavy atom. The van der Waals surface area contributed by atoms with E-state index in [2.05, 4.69) is 31.2 Å². The van der Waals surface area contributed by atoms with Gasteiger partial charge in [-0.15, -0.1) is 0 Å². The molecule has 2 aliphatic heterocycles. The summed E-state index contributed by atoms with van der Waals surface area (Å²) in [6.07, 6.45) is 29.8. The molecule has 1 aromatic rings. The Labute approximate surface area is 328 Å². The highest BCUT2D eigenvalue weighted by molar-refractivity contribution is 5.79. The van der Waals surface area contributed by atoms with Crippen molar-refractivity contribution in [2.24, 2.45) is 0 Å². The van der Waals surface area contributed by atoms with Gasteiger partial charge in [-0.05, 0) is 126 Å². The summed E-state index contributed by atoms with van der Waals surface area (Å²) in [5, 5.41) is 0. The van der Waals surface area contributed by atoms with Crippen molar-refractivity contribution >= 4 is 11.8 Å². The third kappa shape index (κ3) is 19.7. The molecule has 8 heteroatoms. The van der Waals surface area contributed by atoms with E-state index in [1.807, 2.05) is 0 Å². The lowest BCUT2D eigenvalue weighted by Gasteiger charge is -2.29. The molecule has 0 amide bonds. The molecule has 1 aliphatic carbocycles. The number of esters is 1. The van der Waals surface area contributed by atoms with Crippen molar-refractivity contribution < 1.29 is 38.0 Å². The molecular weight excluding hydrogens is 680 g/mol. The Hall–Kier alpha value is -2.00. The zero-order chi connectivity index (χ0) is 37.9. The van der Waals surface area contributed by atoms with Gasteiger partial charge in [0.05, 0.1) is 6.10 Å². The Bertz CT molecular complexity index is 1090. The number of carbonyl (C=O) groups excluding carboxylic acids is 2. The molecule has 0 bridgehead atoms. The standard InChI is InChI=1S/C46H76O8/c1-2-3-4-12-21-41(22-19-20-40(47)37-52-46-25-15-18-36-51-46)53-42-30-26-38(27-31-42)39-28-32-43(33-29-39)54-44(48)23-13-10-8-6-5-7-9-11-16-34-49-45-24-14-17-35-50-45/h26-27,30-31,39,41,43,45-46H,2-25,28-29,32-37H2,1H3. The highest BCUT2D eigenvalue weighted by atomic mass is 16.7. The van der Waals surface area contributed by atoms with Gasteiger partial charge >= 0.3 is 5.97 Å². The molecule has 2 saturated heterocycles. The fourth-order valence-corrected chi connectivity index (χ4v) is 8.12. The third-order valence-electron chi connectivity index (χ3n) is 11.5. The second-order valence-corrected chi connectivity index (χ2v) is 16.3. The molecule has 3 fully saturated rings. The Balaban J connectivity index is 1.02. The lowest BCUT2D eigenvalue weighted by molar-refractivity contribution is -0.169. The number of unbranched alkanes of at least 4 members (excludes halogenated alkanes) is 11. The van der Waals surface area contributed by atoms with Gasteiger partial charge in [0.15, 0.2) is 18.4 Å². The van der Waals surface area contributed by atoms with Gasteiger partial charge in [0.2, 0.25) is 0 Å². The highest BCUT2D eigenvalue weighted by Gasteiger charge is 2.25. The van der Waals surface area contributed by atoms with Crippen molar-refractivity contribution in [1.29, 1.82) is 0 Å². The molecule has 308 valence electrons. The van der Waals surface area contributed by atoms with E-state index in [9.17, 15) is 9.59 Å². The van der Waals surface area contributed by atoms with Crippen molar-refractivity contribution in [3.63, 3.8) is 0 Å². The SMILES string of the molecule is CCCCCCC(CCCC(=O)COC1CCCCO1)Oc1ccc(C2CCC(OC(=O)CCCCCCCCCCCOC3CCCCO3)CC2)cc1. The number of benzene rings is 1. The maximum absolute atomic E-state index is 12.6. The third-order valence-corrected chi connectivity index (χ3v) is 11.5. The summed E-state index contributed by atoms with van der Waals surface area (Å²) in [6.45, 7) is 4.79. The van der Waals surface area contributed by atoms with Crippen LogP contribution in [0.15, 0.2) is 24.3 Å². The minimum Gasteiger partial charge on any atom is -0.490 e. The van der Waals surface area contributed by atoms with E-state index in [4.69, 9.17) is 28.4 Å². The van der Waals surface area contributed by atoms with E-state index < -0.39 is 0 Å². The van der Waals surface area contributed by atoms with E-state index in [1.165, 1.54) is 76.2 Å². The summed E-state index contributed by atoms with van der Waals surface area (Å²) in [6, 6.07) is 8.68. The second-order valence-electron chi connectivity index (χ2n) is 16.3. The van der Waals surface area contributed by atoms with Crippen molar-refractivity contribution in [3.8, 4) is 5.75 Å². The first-order valence-corrected chi connectivity index (χ1v) is 22.5. The molecule has 3 aliphatic rings. The fraction of sp³-hybridized carbons (Fsp3) is 0.826. The minimum atomic E-state index is -0.215. The normalized spacial score (nSPS) is 22.5. The number of Topliss-reactive ketones (excluding diaryl/α,β-unsaturated/α-hetero) is 1. The summed E-state index contributed by atoms with van der Waals surface area (Å²) in [4.78, 5) is 25.0. The Morgan fingerprint density at radius 1 is 0.648 bits per heavy atom. The molecule has 0 spiro atoms. The van der Waals surface area contributed by atoms with Crippen LogP contribution in [0.2, 0.25) is 0 Å². The minimum absolute atomic E-state index is 0.0169. The average molecular weight is 757 g/mol. The van der Waals surface area contributed by atoms with Gasteiger partial charge in [0.25, 0.3) is 0 Å². The zero-order valence-electron chi connectivity index (χ0n) is 34.1. The lowest BCUT2D eigenvalue weighted by Crippen LogP contribution is -2.25. The topological polar surface area (TPSA) is 89.5 Å². The Kier molecular flexibility index (Phi) is 23.5. The molecule has 4 rings (SSSR count). The van der Waals surface area contributed by atoms with Crippen LogP contribution in [0, 0.1) is 0 Å². The first-order chi connectivity index (χ1) is 26.6. The first kappa shape index (κ1) is 44.7. The molecule has 3 unspecified atom stereocenters. The number of carbonyl (C=O) groups is 2. The molecule has 1 saturated carbocycles. The van der Waals surface area contributed by atoms with Crippen LogP contribution in [0.1, 0.15) is 198 Å². The van der Waals surface area contributed by atoms with Crippen LogP contribution in [-0.4, -0.2) is 63.0 Å². The van der Waals surface area contributed by atoms with E-state index in [1.54, 1.807) is 0 Å². The van der Waals surface area contributed by atoms with Gasteiger partial charge in [-0.2, -0.15) is 0 Å². The van der Waals surface area contributed by atoms with Crippen LogP contribution in [0.25, 0.3) is 0 Å².